The monoisotopic (exact) mass is 394 g/mol. The molecule has 0 aliphatic heterocycles. The van der Waals surface area contributed by atoms with E-state index in [1.165, 1.54) is 12.3 Å². The lowest BCUT2D eigenvalue weighted by molar-refractivity contribution is 0.597. The van der Waals surface area contributed by atoms with Crippen LogP contribution in [0, 0.1) is 3.57 Å². The SMILES string of the molecule is O=S(=O)(Nc1ccc(Cl)cc1I)c1ccccn1. The van der Waals surface area contributed by atoms with E-state index in [1.807, 2.05) is 22.6 Å². The third kappa shape index (κ3) is 3.12. The maximum atomic E-state index is 12.0. The third-order valence-electron chi connectivity index (χ3n) is 2.09. The van der Waals surface area contributed by atoms with Crippen LogP contribution in [-0.2, 0) is 10.0 Å². The molecule has 1 aromatic heterocycles. The molecular formula is C11H8ClIN2O2S. The van der Waals surface area contributed by atoms with Crippen LogP contribution in [0.1, 0.15) is 0 Å². The van der Waals surface area contributed by atoms with Crippen LogP contribution in [-0.4, -0.2) is 13.4 Å². The molecular weight excluding hydrogens is 387 g/mol. The van der Waals surface area contributed by atoms with E-state index in [1.54, 1.807) is 30.3 Å². The van der Waals surface area contributed by atoms with Crippen LogP contribution in [0.4, 0.5) is 5.69 Å². The molecule has 0 atom stereocenters. The van der Waals surface area contributed by atoms with Gasteiger partial charge in [-0.1, -0.05) is 17.7 Å². The Bertz CT molecular complexity index is 662. The molecule has 0 saturated heterocycles. The number of nitrogens with one attached hydrogen (secondary N) is 1. The highest BCUT2D eigenvalue weighted by Crippen LogP contribution is 2.24. The zero-order chi connectivity index (χ0) is 13.2. The minimum Gasteiger partial charge on any atom is -0.277 e. The number of pyridine rings is 1. The first-order chi connectivity index (χ1) is 8.49. The topological polar surface area (TPSA) is 59.1 Å². The molecule has 0 fully saturated rings. The van der Waals surface area contributed by atoms with Gasteiger partial charge in [0.25, 0.3) is 10.0 Å². The van der Waals surface area contributed by atoms with E-state index in [4.69, 9.17) is 11.6 Å². The summed E-state index contributed by atoms with van der Waals surface area (Å²) in [7, 11) is -3.66. The van der Waals surface area contributed by atoms with Crippen LogP contribution in [0.3, 0.4) is 0 Å². The van der Waals surface area contributed by atoms with Crippen molar-refractivity contribution in [2.24, 2.45) is 0 Å². The van der Waals surface area contributed by atoms with E-state index in [2.05, 4.69) is 9.71 Å². The standard InChI is InChI=1S/C11H8ClIN2O2S/c12-8-4-5-10(9(13)7-8)15-18(16,17)11-3-1-2-6-14-11/h1-7,15H. The second kappa shape index (κ2) is 5.41. The zero-order valence-electron chi connectivity index (χ0n) is 8.97. The number of benzene rings is 1. The summed E-state index contributed by atoms with van der Waals surface area (Å²) in [5.74, 6) is 0. The number of anilines is 1. The Morgan fingerprint density at radius 3 is 2.61 bits per heavy atom. The summed E-state index contributed by atoms with van der Waals surface area (Å²) in [4.78, 5) is 3.81. The molecule has 4 nitrogen and oxygen atoms in total. The Kier molecular flexibility index (Phi) is 4.08. The van der Waals surface area contributed by atoms with Crippen LogP contribution >= 0.6 is 34.2 Å². The lowest BCUT2D eigenvalue weighted by Crippen LogP contribution is -2.14. The van der Waals surface area contributed by atoms with Crippen molar-refractivity contribution in [3.05, 3.63) is 51.2 Å². The lowest BCUT2D eigenvalue weighted by Gasteiger charge is -2.09. The lowest BCUT2D eigenvalue weighted by atomic mass is 10.3. The molecule has 0 bridgehead atoms. The van der Waals surface area contributed by atoms with Gasteiger partial charge < -0.3 is 0 Å². The molecule has 0 aliphatic carbocycles. The van der Waals surface area contributed by atoms with Crippen molar-refractivity contribution in [2.45, 2.75) is 5.03 Å². The molecule has 0 aliphatic rings. The zero-order valence-corrected chi connectivity index (χ0v) is 12.7. The van der Waals surface area contributed by atoms with Crippen molar-refractivity contribution in [1.82, 2.24) is 4.98 Å². The average Bonchev–Trinajstić information content (AvgIpc) is 2.34. The fraction of sp³-hybridized carbons (Fsp3) is 0. The van der Waals surface area contributed by atoms with E-state index in [0.29, 0.717) is 10.7 Å². The molecule has 7 heteroatoms. The van der Waals surface area contributed by atoms with Gasteiger partial charge in [0.2, 0.25) is 0 Å². The first-order valence-electron chi connectivity index (χ1n) is 4.88. The Labute approximate surface area is 124 Å². The van der Waals surface area contributed by atoms with E-state index in [9.17, 15) is 8.42 Å². The second-order valence-electron chi connectivity index (χ2n) is 3.40. The summed E-state index contributed by atoms with van der Waals surface area (Å²) in [5, 5.41) is 0.538. The largest absolute Gasteiger partial charge is 0.279 e. The Balaban J connectivity index is 2.34. The molecule has 0 radical (unpaired) electrons. The van der Waals surface area contributed by atoms with Crippen LogP contribution < -0.4 is 4.72 Å². The quantitative estimate of drug-likeness (QED) is 0.814. The van der Waals surface area contributed by atoms with Gasteiger partial charge in [0, 0.05) is 14.8 Å². The Morgan fingerprint density at radius 2 is 2.00 bits per heavy atom. The highest BCUT2D eigenvalue weighted by atomic mass is 127. The number of hydrogen-bond acceptors (Lipinski definition) is 3. The highest BCUT2D eigenvalue weighted by molar-refractivity contribution is 14.1. The predicted octanol–water partition coefficient (Wildman–Crippen LogP) is 3.14. The molecule has 18 heavy (non-hydrogen) atoms. The average molecular weight is 395 g/mol. The normalized spacial score (nSPS) is 11.2. The van der Waals surface area contributed by atoms with Crippen LogP contribution in [0.2, 0.25) is 5.02 Å². The highest BCUT2D eigenvalue weighted by Gasteiger charge is 2.16. The summed E-state index contributed by atoms with van der Waals surface area (Å²) in [6.45, 7) is 0. The number of hydrogen-bond donors (Lipinski definition) is 1. The van der Waals surface area contributed by atoms with E-state index in [0.717, 1.165) is 3.57 Å². The van der Waals surface area contributed by atoms with Gasteiger partial charge in [0.05, 0.1) is 5.69 Å². The minimum absolute atomic E-state index is 0.0178. The smallest absolute Gasteiger partial charge is 0.277 e. The Morgan fingerprint density at radius 1 is 1.22 bits per heavy atom. The number of aromatic nitrogens is 1. The Hall–Kier alpha value is -0.860. The maximum absolute atomic E-state index is 12.0. The van der Waals surface area contributed by atoms with Gasteiger partial charge in [0.1, 0.15) is 0 Å². The first-order valence-corrected chi connectivity index (χ1v) is 7.82. The van der Waals surface area contributed by atoms with Gasteiger partial charge in [0.15, 0.2) is 5.03 Å². The van der Waals surface area contributed by atoms with Gasteiger partial charge >= 0.3 is 0 Å². The molecule has 0 unspecified atom stereocenters. The van der Waals surface area contributed by atoms with Crippen molar-refractivity contribution in [1.29, 1.82) is 0 Å². The molecule has 1 aromatic carbocycles. The number of nitrogens with zero attached hydrogens (tertiary/aromatic N) is 1. The molecule has 2 aromatic rings. The second-order valence-corrected chi connectivity index (χ2v) is 6.63. The van der Waals surface area contributed by atoms with Crippen LogP contribution in [0.5, 0.6) is 0 Å². The fourth-order valence-corrected chi connectivity index (χ4v) is 3.49. The molecule has 1 N–H and O–H groups in total. The van der Waals surface area contributed by atoms with Crippen molar-refractivity contribution in [3.63, 3.8) is 0 Å². The van der Waals surface area contributed by atoms with Gasteiger partial charge in [-0.05, 0) is 52.9 Å². The molecule has 0 spiro atoms. The molecule has 0 amide bonds. The maximum Gasteiger partial charge on any atom is 0.279 e. The number of sulfonamides is 1. The van der Waals surface area contributed by atoms with Gasteiger partial charge in [-0.2, -0.15) is 8.42 Å². The summed E-state index contributed by atoms with van der Waals surface area (Å²) < 4.78 is 27.3. The van der Waals surface area contributed by atoms with E-state index in [-0.39, 0.29) is 5.03 Å². The number of rotatable bonds is 3. The van der Waals surface area contributed by atoms with Gasteiger partial charge in [-0.15, -0.1) is 0 Å². The first kappa shape index (κ1) is 13.6. The van der Waals surface area contributed by atoms with Crippen molar-refractivity contribution >= 4 is 49.9 Å². The predicted molar refractivity (Wildman–Crippen MR) is 79.2 cm³/mol. The van der Waals surface area contributed by atoms with Crippen molar-refractivity contribution in [3.8, 4) is 0 Å². The summed E-state index contributed by atoms with van der Waals surface area (Å²) in [6, 6.07) is 9.63. The summed E-state index contributed by atoms with van der Waals surface area (Å²) in [6.07, 6.45) is 1.43. The minimum atomic E-state index is -3.66. The third-order valence-corrected chi connectivity index (χ3v) is 4.50. The fourth-order valence-electron chi connectivity index (χ4n) is 1.28. The molecule has 1 heterocycles. The molecule has 94 valence electrons. The molecule has 2 rings (SSSR count). The molecule has 0 saturated carbocycles. The van der Waals surface area contributed by atoms with Crippen molar-refractivity contribution < 1.29 is 8.42 Å². The van der Waals surface area contributed by atoms with E-state index < -0.39 is 10.0 Å². The van der Waals surface area contributed by atoms with Crippen molar-refractivity contribution in [2.75, 3.05) is 4.72 Å². The summed E-state index contributed by atoms with van der Waals surface area (Å²) >= 11 is 7.82. The van der Waals surface area contributed by atoms with Gasteiger partial charge in [-0.3, -0.25) is 4.72 Å². The van der Waals surface area contributed by atoms with Crippen LogP contribution in [0.15, 0.2) is 47.6 Å². The number of halogens is 2. The van der Waals surface area contributed by atoms with Gasteiger partial charge in [-0.25, -0.2) is 4.98 Å². The van der Waals surface area contributed by atoms with Crippen LogP contribution in [0.25, 0.3) is 0 Å². The summed E-state index contributed by atoms with van der Waals surface area (Å²) in [5.41, 5.74) is 0.477. The van der Waals surface area contributed by atoms with E-state index >= 15 is 0 Å².